The SMILES string of the molecule is CC(C)(CO)C[N+](C)(C)C.O=S([O-])O[O-]. The van der Waals surface area contributed by atoms with Crippen LogP contribution in [0.25, 0.3) is 0 Å². The molecule has 0 spiro atoms. The predicted octanol–water partition coefficient (Wildman–Crippen LogP) is -1.22. The molecule has 7 heteroatoms. The van der Waals surface area contributed by atoms with Crippen molar-refractivity contribution in [3.05, 3.63) is 0 Å². The standard InChI is InChI=1S/C8H20NO.H2O4S/c1-8(2,7-10)6-9(3,4)5;1-4-5(2)3/h10H,6-7H2,1-5H3;1H,(H,2,3)/q+1;/p-2. The molecule has 1 N–H and O–H groups in total. The number of quaternary nitrogens is 1. The van der Waals surface area contributed by atoms with Crippen LogP contribution in [0.5, 0.6) is 0 Å². The molecule has 1 atom stereocenters. The van der Waals surface area contributed by atoms with Crippen LogP contribution >= 0.6 is 0 Å². The largest absolute Gasteiger partial charge is 0.750 e. The second-order valence-corrected chi connectivity index (χ2v) is 5.59. The quantitative estimate of drug-likeness (QED) is 0.289. The normalized spacial score (nSPS) is 14.1. The van der Waals surface area contributed by atoms with E-state index in [0.717, 1.165) is 11.0 Å². The van der Waals surface area contributed by atoms with Crippen LogP contribution in [0, 0.1) is 5.41 Å². The maximum atomic E-state index is 8.95. The van der Waals surface area contributed by atoms with Crippen LogP contribution < -0.4 is 5.26 Å². The van der Waals surface area contributed by atoms with Gasteiger partial charge in [-0.3, -0.25) is 0 Å². The van der Waals surface area contributed by atoms with Gasteiger partial charge in [0.15, 0.2) is 0 Å². The van der Waals surface area contributed by atoms with Gasteiger partial charge in [0, 0.05) is 5.41 Å². The maximum absolute atomic E-state index is 8.95. The lowest BCUT2D eigenvalue weighted by Crippen LogP contribution is -2.44. The zero-order chi connectivity index (χ0) is 12.7. The van der Waals surface area contributed by atoms with Gasteiger partial charge in [0.05, 0.1) is 45.7 Å². The van der Waals surface area contributed by atoms with E-state index in [4.69, 9.17) is 19.1 Å². The number of aliphatic hydroxyl groups is 1. The molecule has 0 bridgehead atoms. The van der Waals surface area contributed by atoms with E-state index in [1.807, 2.05) is 0 Å². The van der Waals surface area contributed by atoms with Crippen LogP contribution in [0.1, 0.15) is 13.8 Å². The Morgan fingerprint density at radius 1 is 1.40 bits per heavy atom. The second-order valence-electron chi connectivity index (χ2n) is 5.04. The Bertz CT molecular complexity index is 190. The molecule has 0 aromatic rings. The van der Waals surface area contributed by atoms with E-state index in [1.165, 1.54) is 0 Å². The number of aliphatic hydroxyl groups excluding tert-OH is 1. The summed E-state index contributed by atoms with van der Waals surface area (Å²) in [7, 11) is 6.41. The minimum Gasteiger partial charge on any atom is -0.750 e. The Morgan fingerprint density at radius 3 is 1.80 bits per heavy atom. The smallest absolute Gasteiger partial charge is 0.0854 e. The van der Waals surface area contributed by atoms with Gasteiger partial charge in [0.1, 0.15) is 0 Å². The molecule has 0 aromatic carbocycles. The van der Waals surface area contributed by atoms with Gasteiger partial charge in [0.25, 0.3) is 0 Å². The summed E-state index contributed by atoms with van der Waals surface area (Å²) in [6.45, 7) is 5.43. The van der Waals surface area contributed by atoms with Gasteiger partial charge >= 0.3 is 0 Å². The van der Waals surface area contributed by atoms with E-state index in [1.54, 1.807) is 0 Å². The highest BCUT2D eigenvalue weighted by Crippen LogP contribution is 2.16. The van der Waals surface area contributed by atoms with Crippen molar-refractivity contribution >= 4 is 11.4 Å². The zero-order valence-corrected chi connectivity index (χ0v) is 10.7. The molecule has 0 saturated carbocycles. The minimum absolute atomic E-state index is 0.0538. The molecule has 6 nitrogen and oxygen atoms in total. The zero-order valence-electron chi connectivity index (χ0n) is 9.85. The number of nitrogens with zero attached hydrogens (tertiary/aromatic N) is 1. The van der Waals surface area contributed by atoms with Crippen molar-refractivity contribution in [1.29, 1.82) is 0 Å². The Balaban J connectivity index is 0. The fourth-order valence-electron chi connectivity index (χ4n) is 1.33. The van der Waals surface area contributed by atoms with Crippen LogP contribution in [0.3, 0.4) is 0 Å². The Hall–Kier alpha value is -0.0500. The van der Waals surface area contributed by atoms with Crippen molar-refractivity contribution in [3.63, 3.8) is 0 Å². The van der Waals surface area contributed by atoms with Gasteiger partial charge < -0.3 is 23.7 Å². The fraction of sp³-hybridized carbons (Fsp3) is 1.00. The van der Waals surface area contributed by atoms with Crippen LogP contribution in [0.15, 0.2) is 0 Å². The third kappa shape index (κ3) is 16.6. The number of hydrogen-bond donors (Lipinski definition) is 1. The van der Waals surface area contributed by atoms with Gasteiger partial charge in [0.2, 0.25) is 0 Å². The molecule has 0 aliphatic rings. The molecule has 0 amide bonds. The summed E-state index contributed by atoms with van der Waals surface area (Å²) >= 11 is -2.88. The molecule has 0 heterocycles. The Morgan fingerprint density at radius 2 is 1.73 bits per heavy atom. The van der Waals surface area contributed by atoms with E-state index in [2.05, 4.69) is 39.3 Å². The molecule has 0 saturated heterocycles. The summed E-state index contributed by atoms with van der Waals surface area (Å²) in [5.41, 5.74) is 0.0538. The van der Waals surface area contributed by atoms with E-state index < -0.39 is 11.4 Å². The molecule has 0 radical (unpaired) electrons. The second kappa shape index (κ2) is 7.26. The van der Waals surface area contributed by atoms with Crippen molar-refractivity contribution in [2.45, 2.75) is 13.8 Å². The minimum atomic E-state index is -2.88. The van der Waals surface area contributed by atoms with Gasteiger partial charge in [-0.2, -0.15) is 0 Å². The lowest BCUT2D eigenvalue weighted by molar-refractivity contribution is -0.877. The highest BCUT2D eigenvalue weighted by atomic mass is 32.2. The van der Waals surface area contributed by atoms with E-state index in [-0.39, 0.29) is 12.0 Å². The number of hydrogen-bond acceptors (Lipinski definition) is 5. The van der Waals surface area contributed by atoms with Crippen molar-refractivity contribution in [2.75, 3.05) is 34.3 Å². The van der Waals surface area contributed by atoms with Crippen molar-refractivity contribution < 1.29 is 27.9 Å². The van der Waals surface area contributed by atoms with Gasteiger partial charge in [-0.1, -0.05) is 13.8 Å². The summed E-state index contributed by atoms with van der Waals surface area (Å²) in [6.07, 6.45) is 0. The lowest BCUT2D eigenvalue weighted by atomic mass is 9.94. The first-order valence-electron chi connectivity index (χ1n) is 4.35. The van der Waals surface area contributed by atoms with Crippen molar-refractivity contribution in [1.82, 2.24) is 0 Å². The maximum Gasteiger partial charge on any atom is 0.0854 e. The third-order valence-corrected chi connectivity index (χ3v) is 1.50. The first-order chi connectivity index (χ1) is 6.54. The lowest BCUT2D eigenvalue weighted by Gasteiger charge is -2.32. The van der Waals surface area contributed by atoms with Gasteiger partial charge in [-0.05, 0) is 0 Å². The van der Waals surface area contributed by atoms with Crippen molar-refractivity contribution in [3.8, 4) is 0 Å². The molecule has 94 valence electrons. The Kier molecular flexibility index (Phi) is 8.40. The molecule has 0 aromatic heterocycles. The van der Waals surface area contributed by atoms with E-state index in [0.29, 0.717) is 0 Å². The van der Waals surface area contributed by atoms with E-state index >= 15 is 0 Å². The summed E-state index contributed by atoms with van der Waals surface area (Å²) in [5.74, 6) is 0. The fourth-order valence-corrected chi connectivity index (χ4v) is 1.33. The summed E-state index contributed by atoms with van der Waals surface area (Å²) in [5, 5.41) is 17.5. The molecule has 15 heavy (non-hydrogen) atoms. The first-order valence-corrected chi connectivity index (χ1v) is 5.35. The summed E-state index contributed by atoms with van der Waals surface area (Å²) < 4.78 is 21.0. The molecule has 0 fully saturated rings. The van der Waals surface area contributed by atoms with Crippen LogP contribution in [-0.4, -0.2) is 52.6 Å². The molecular formula is C8H20NO5S-. The first kappa shape index (κ1) is 17.3. The molecule has 1 unspecified atom stereocenters. The molecular weight excluding hydrogens is 222 g/mol. The van der Waals surface area contributed by atoms with E-state index in [9.17, 15) is 0 Å². The van der Waals surface area contributed by atoms with Crippen LogP contribution in [0.4, 0.5) is 0 Å². The average molecular weight is 242 g/mol. The predicted molar refractivity (Wildman–Crippen MR) is 53.8 cm³/mol. The monoisotopic (exact) mass is 242 g/mol. The molecule has 0 aliphatic heterocycles. The third-order valence-electron chi connectivity index (χ3n) is 1.39. The highest BCUT2D eigenvalue weighted by Gasteiger charge is 2.24. The number of rotatable bonds is 4. The Labute approximate surface area is 93.5 Å². The van der Waals surface area contributed by atoms with Crippen LogP contribution in [0.2, 0.25) is 0 Å². The van der Waals surface area contributed by atoms with Gasteiger partial charge in [-0.25, -0.2) is 4.21 Å². The van der Waals surface area contributed by atoms with Crippen LogP contribution in [-0.2, 0) is 15.7 Å². The summed E-state index contributed by atoms with van der Waals surface area (Å²) in [6, 6.07) is 0. The van der Waals surface area contributed by atoms with Crippen molar-refractivity contribution in [2.24, 2.45) is 5.41 Å². The topological polar surface area (TPSA) is 92.7 Å². The molecule has 0 aliphatic carbocycles. The van der Waals surface area contributed by atoms with Gasteiger partial charge in [-0.15, -0.1) is 0 Å². The average Bonchev–Trinajstić information content (AvgIpc) is 2.01. The molecule has 0 rings (SSSR count). The summed E-state index contributed by atoms with van der Waals surface area (Å²) in [4.78, 5) is 0. The highest BCUT2D eigenvalue weighted by molar-refractivity contribution is 7.73.